The molecule has 0 saturated carbocycles. The third-order valence-electron chi connectivity index (χ3n) is 3.72. The molecular weight excluding hydrogens is 272 g/mol. The van der Waals surface area contributed by atoms with Crippen LogP contribution in [0.15, 0.2) is 18.2 Å². The lowest BCUT2D eigenvalue weighted by atomic mass is 10.0. The van der Waals surface area contributed by atoms with Crippen molar-refractivity contribution in [1.29, 1.82) is 0 Å². The Morgan fingerprint density at radius 2 is 2.14 bits per heavy atom. The number of nitrogens with zero attached hydrogens (tertiary/aromatic N) is 2. The number of β-amino-alcohol motifs (C(OH)–C–C–N with tert-alkyl or cyclic N) is 1. The molecule has 0 spiro atoms. The molecule has 3 N–H and O–H groups in total. The summed E-state index contributed by atoms with van der Waals surface area (Å²) in [6, 6.07) is 4.60. The molecule has 1 aliphatic rings. The summed E-state index contributed by atoms with van der Waals surface area (Å²) in [5.41, 5.74) is 0.0188. The Labute approximate surface area is 124 Å². The van der Waals surface area contributed by atoms with Crippen LogP contribution in [0.1, 0.15) is 22.3 Å². The minimum Gasteiger partial charge on any atom is -0.507 e. The first-order valence-electron chi connectivity index (χ1n) is 6.94. The number of likely N-dealkylation sites (N-methyl/N-ethyl adjacent to an activating group) is 1. The maximum absolute atomic E-state index is 11.0. The second-order valence-electron chi connectivity index (χ2n) is 6.08. The van der Waals surface area contributed by atoms with Crippen LogP contribution in [-0.4, -0.2) is 70.4 Å². The molecule has 0 aliphatic carbocycles. The van der Waals surface area contributed by atoms with Crippen molar-refractivity contribution in [1.82, 2.24) is 9.80 Å². The molecule has 1 fully saturated rings. The fraction of sp³-hybridized carbons (Fsp3) is 0.533. The fourth-order valence-corrected chi connectivity index (χ4v) is 2.90. The summed E-state index contributed by atoms with van der Waals surface area (Å²) in [4.78, 5) is 15.1. The molecular formula is C15H22N2O4. The van der Waals surface area contributed by atoms with E-state index in [0.29, 0.717) is 26.1 Å². The third kappa shape index (κ3) is 3.93. The van der Waals surface area contributed by atoms with Gasteiger partial charge in [0.2, 0.25) is 0 Å². The van der Waals surface area contributed by atoms with Crippen molar-refractivity contribution in [2.75, 3.05) is 33.7 Å². The predicted octanol–water partition coefficient (Wildman–Crippen LogP) is 0.589. The summed E-state index contributed by atoms with van der Waals surface area (Å²) in [6.45, 7) is 2.51. The zero-order valence-corrected chi connectivity index (χ0v) is 12.4. The first-order valence-corrected chi connectivity index (χ1v) is 6.94. The number of carboxylic acids is 1. The van der Waals surface area contributed by atoms with Gasteiger partial charge in [-0.25, -0.2) is 4.79 Å². The Kier molecular flexibility index (Phi) is 4.51. The molecule has 1 saturated heterocycles. The summed E-state index contributed by atoms with van der Waals surface area (Å²) in [5.74, 6) is -1.36. The highest BCUT2D eigenvalue weighted by atomic mass is 16.4. The number of carbonyl (C=O) groups is 1. The van der Waals surface area contributed by atoms with Gasteiger partial charge >= 0.3 is 5.97 Å². The number of rotatable bonds is 5. The van der Waals surface area contributed by atoms with E-state index in [9.17, 15) is 15.0 Å². The van der Waals surface area contributed by atoms with E-state index < -0.39 is 11.6 Å². The molecule has 1 heterocycles. The Bertz CT molecular complexity index is 532. The van der Waals surface area contributed by atoms with Crippen LogP contribution in [-0.2, 0) is 6.54 Å². The lowest BCUT2D eigenvalue weighted by molar-refractivity contribution is 0.0240. The fourth-order valence-electron chi connectivity index (χ4n) is 2.90. The van der Waals surface area contributed by atoms with Gasteiger partial charge in [-0.2, -0.15) is 0 Å². The van der Waals surface area contributed by atoms with Gasteiger partial charge in [0.25, 0.3) is 0 Å². The summed E-state index contributed by atoms with van der Waals surface area (Å²) >= 11 is 0. The highest BCUT2D eigenvalue weighted by Gasteiger charge is 2.36. The van der Waals surface area contributed by atoms with Crippen LogP contribution in [0.4, 0.5) is 0 Å². The van der Waals surface area contributed by atoms with Gasteiger partial charge in [-0.05, 0) is 38.2 Å². The second kappa shape index (κ2) is 6.01. The topological polar surface area (TPSA) is 84.2 Å². The lowest BCUT2D eigenvalue weighted by Gasteiger charge is -2.26. The molecule has 116 valence electrons. The average Bonchev–Trinajstić information content (AvgIpc) is 2.71. The van der Waals surface area contributed by atoms with Crippen LogP contribution in [0, 0.1) is 0 Å². The highest BCUT2D eigenvalue weighted by Crippen LogP contribution is 2.25. The number of benzene rings is 1. The third-order valence-corrected chi connectivity index (χ3v) is 3.72. The predicted molar refractivity (Wildman–Crippen MR) is 78.5 cm³/mol. The summed E-state index contributed by atoms with van der Waals surface area (Å²) in [6.07, 6.45) is 0.703. The molecule has 6 heteroatoms. The van der Waals surface area contributed by atoms with Crippen LogP contribution in [0.25, 0.3) is 0 Å². The number of likely N-dealkylation sites (tertiary alicyclic amines) is 1. The zero-order valence-electron chi connectivity index (χ0n) is 12.4. The molecule has 0 amide bonds. The minimum absolute atomic E-state index is 0.0877. The largest absolute Gasteiger partial charge is 0.507 e. The first kappa shape index (κ1) is 15.8. The number of aromatic hydroxyl groups is 1. The molecule has 1 aliphatic heterocycles. The molecule has 1 aromatic rings. The van der Waals surface area contributed by atoms with Crippen LogP contribution in [0.2, 0.25) is 0 Å². The zero-order chi connectivity index (χ0) is 15.6. The monoisotopic (exact) mass is 294 g/mol. The molecule has 2 rings (SSSR count). The van der Waals surface area contributed by atoms with Crippen LogP contribution < -0.4 is 0 Å². The van der Waals surface area contributed by atoms with Crippen molar-refractivity contribution in [3.05, 3.63) is 29.3 Å². The molecule has 1 atom stereocenters. The van der Waals surface area contributed by atoms with E-state index in [1.165, 1.54) is 12.1 Å². The maximum Gasteiger partial charge on any atom is 0.339 e. The van der Waals surface area contributed by atoms with Gasteiger partial charge in [-0.3, -0.25) is 4.90 Å². The minimum atomic E-state index is -1.14. The maximum atomic E-state index is 11.0. The van der Waals surface area contributed by atoms with E-state index >= 15 is 0 Å². The normalized spacial score (nSPS) is 22.9. The standard InChI is InChI=1S/C15H22N2O4/c1-16(2)9-15(21)5-6-17(10-15)8-11-3-4-13(18)12(7-11)14(19)20/h3-4,7,18,21H,5-6,8-10H2,1-2H3,(H,19,20)/t15-/m1/s1. The van der Waals surface area contributed by atoms with Crippen molar-refractivity contribution in [2.45, 2.75) is 18.6 Å². The van der Waals surface area contributed by atoms with Crippen molar-refractivity contribution >= 4 is 5.97 Å². The first-order chi connectivity index (χ1) is 9.79. The smallest absolute Gasteiger partial charge is 0.339 e. The molecule has 0 bridgehead atoms. The molecule has 1 aromatic carbocycles. The Morgan fingerprint density at radius 3 is 2.76 bits per heavy atom. The van der Waals surface area contributed by atoms with E-state index in [1.807, 2.05) is 19.0 Å². The average molecular weight is 294 g/mol. The highest BCUT2D eigenvalue weighted by molar-refractivity contribution is 5.90. The summed E-state index contributed by atoms with van der Waals surface area (Å²) in [7, 11) is 3.86. The number of carboxylic acid groups (broad SMARTS) is 1. The van der Waals surface area contributed by atoms with Crippen LogP contribution in [0.5, 0.6) is 5.75 Å². The van der Waals surface area contributed by atoms with Crippen molar-refractivity contribution in [3.8, 4) is 5.75 Å². The van der Waals surface area contributed by atoms with Gasteiger partial charge in [-0.15, -0.1) is 0 Å². The van der Waals surface area contributed by atoms with Gasteiger partial charge in [-0.1, -0.05) is 6.07 Å². The lowest BCUT2D eigenvalue weighted by Crippen LogP contribution is -2.42. The summed E-state index contributed by atoms with van der Waals surface area (Å²) in [5, 5.41) is 29.0. The second-order valence-corrected chi connectivity index (χ2v) is 6.08. The molecule has 0 radical (unpaired) electrons. The van der Waals surface area contributed by atoms with Gasteiger partial charge in [0.15, 0.2) is 0 Å². The Morgan fingerprint density at radius 1 is 1.43 bits per heavy atom. The van der Waals surface area contributed by atoms with Gasteiger partial charge < -0.3 is 20.2 Å². The number of hydrogen-bond donors (Lipinski definition) is 3. The van der Waals surface area contributed by atoms with Crippen molar-refractivity contribution in [3.63, 3.8) is 0 Å². The van der Waals surface area contributed by atoms with E-state index in [1.54, 1.807) is 6.07 Å². The molecule has 6 nitrogen and oxygen atoms in total. The van der Waals surface area contributed by atoms with Crippen molar-refractivity contribution < 1.29 is 20.1 Å². The van der Waals surface area contributed by atoms with Gasteiger partial charge in [0, 0.05) is 26.2 Å². The number of hydrogen-bond acceptors (Lipinski definition) is 5. The van der Waals surface area contributed by atoms with Gasteiger partial charge in [0.1, 0.15) is 11.3 Å². The Balaban J connectivity index is 2.03. The van der Waals surface area contributed by atoms with E-state index in [4.69, 9.17) is 5.11 Å². The van der Waals surface area contributed by atoms with E-state index in [-0.39, 0.29) is 11.3 Å². The van der Waals surface area contributed by atoms with Crippen LogP contribution >= 0.6 is 0 Å². The van der Waals surface area contributed by atoms with E-state index in [0.717, 1.165) is 12.1 Å². The number of phenols is 1. The SMILES string of the molecule is CN(C)C[C@]1(O)CCN(Cc2ccc(O)c(C(=O)O)c2)C1. The molecule has 0 aromatic heterocycles. The van der Waals surface area contributed by atoms with Crippen LogP contribution in [0.3, 0.4) is 0 Å². The summed E-state index contributed by atoms with van der Waals surface area (Å²) < 4.78 is 0. The number of aromatic carboxylic acids is 1. The van der Waals surface area contributed by atoms with Crippen molar-refractivity contribution in [2.24, 2.45) is 0 Å². The number of aliphatic hydroxyl groups is 1. The van der Waals surface area contributed by atoms with Gasteiger partial charge in [0.05, 0.1) is 5.60 Å². The molecule has 0 unspecified atom stereocenters. The molecule has 21 heavy (non-hydrogen) atoms. The quantitative estimate of drug-likeness (QED) is 0.737. The van der Waals surface area contributed by atoms with E-state index in [2.05, 4.69) is 4.90 Å². The Hall–Kier alpha value is -1.63.